The largest absolute Gasteiger partial charge is 0.496 e. The second-order valence-electron chi connectivity index (χ2n) is 4.15. The Morgan fingerprint density at radius 2 is 1.62 bits per heavy atom. The lowest BCUT2D eigenvalue weighted by atomic mass is 9.85. The summed E-state index contributed by atoms with van der Waals surface area (Å²) in [6, 6.07) is 14.9. The van der Waals surface area contributed by atoms with Crippen LogP contribution in [0.25, 0.3) is 11.1 Å². The third-order valence-corrected chi connectivity index (χ3v) is 3.28. The molecule has 1 nitrogen and oxygen atoms in total. The SMILES string of the molecule is COc1cccc2c1-c1ccccc1CC2. The molecule has 1 aliphatic carbocycles. The van der Waals surface area contributed by atoms with Gasteiger partial charge in [0, 0.05) is 5.56 Å². The van der Waals surface area contributed by atoms with Crippen LogP contribution in [0.5, 0.6) is 5.75 Å². The second-order valence-corrected chi connectivity index (χ2v) is 4.15. The number of methoxy groups -OCH3 is 1. The number of hydrogen-bond acceptors (Lipinski definition) is 1. The smallest absolute Gasteiger partial charge is 0.126 e. The third-order valence-electron chi connectivity index (χ3n) is 3.28. The molecule has 0 fully saturated rings. The van der Waals surface area contributed by atoms with Crippen molar-refractivity contribution in [2.24, 2.45) is 0 Å². The number of rotatable bonds is 1. The molecule has 2 aromatic carbocycles. The van der Waals surface area contributed by atoms with Crippen molar-refractivity contribution in [2.45, 2.75) is 12.8 Å². The van der Waals surface area contributed by atoms with Gasteiger partial charge >= 0.3 is 0 Å². The molecule has 1 aliphatic rings. The molecule has 0 saturated carbocycles. The Bertz CT molecular complexity index is 514. The van der Waals surface area contributed by atoms with E-state index >= 15 is 0 Å². The zero-order valence-electron chi connectivity index (χ0n) is 9.36. The van der Waals surface area contributed by atoms with Gasteiger partial charge in [0.15, 0.2) is 0 Å². The molecule has 0 bridgehead atoms. The Labute approximate surface area is 95.7 Å². The summed E-state index contributed by atoms with van der Waals surface area (Å²) < 4.78 is 5.47. The van der Waals surface area contributed by atoms with Crippen molar-refractivity contribution in [3.8, 4) is 16.9 Å². The predicted octanol–water partition coefficient (Wildman–Crippen LogP) is 3.46. The van der Waals surface area contributed by atoms with E-state index in [1.54, 1.807) is 7.11 Å². The fraction of sp³-hybridized carbons (Fsp3) is 0.200. The first kappa shape index (κ1) is 9.46. The van der Waals surface area contributed by atoms with Crippen LogP contribution in [0.2, 0.25) is 0 Å². The normalized spacial score (nSPS) is 12.8. The van der Waals surface area contributed by atoms with Gasteiger partial charge in [0.05, 0.1) is 7.11 Å². The standard InChI is InChI=1S/C15H14O/c1-16-14-8-4-6-12-10-9-11-5-2-3-7-13(11)15(12)14/h2-8H,9-10H2,1H3. The Hall–Kier alpha value is -1.76. The second kappa shape index (κ2) is 3.67. The topological polar surface area (TPSA) is 9.23 Å². The number of aryl methyl sites for hydroxylation is 2. The predicted molar refractivity (Wildman–Crippen MR) is 65.8 cm³/mol. The van der Waals surface area contributed by atoms with Gasteiger partial charge in [-0.3, -0.25) is 0 Å². The number of hydrogen-bond donors (Lipinski definition) is 0. The van der Waals surface area contributed by atoms with Crippen LogP contribution in [-0.2, 0) is 12.8 Å². The van der Waals surface area contributed by atoms with Crippen molar-refractivity contribution in [3.05, 3.63) is 53.6 Å². The lowest BCUT2D eigenvalue weighted by Crippen LogP contribution is -2.05. The minimum absolute atomic E-state index is 0.990. The Morgan fingerprint density at radius 3 is 2.50 bits per heavy atom. The number of benzene rings is 2. The lowest BCUT2D eigenvalue weighted by molar-refractivity contribution is 0.415. The van der Waals surface area contributed by atoms with Crippen LogP contribution in [-0.4, -0.2) is 7.11 Å². The highest BCUT2D eigenvalue weighted by molar-refractivity contribution is 5.78. The summed E-state index contributed by atoms with van der Waals surface area (Å²) in [6.45, 7) is 0. The molecule has 0 radical (unpaired) electrons. The van der Waals surface area contributed by atoms with Gasteiger partial charge in [-0.05, 0) is 35.6 Å². The Morgan fingerprint density at radius 1 is 0.875 bits per heavy atom. The van der Waals surface area contributed by atoms with Crippen LogP contribution in [0.4, 0.5) is 0 Å². The van der Waals surface area contributed by atoms with E-state index in [9.17, 15) is 0 Å². The lowest BCUT2D eigenvalue weighted by Gasteiger charge is -2.21. The van der Waals surface area contributed by atoms with Crippen LogP contribution in [0.1, 0.15) is 11.1 Å². The summed E-state index contributed by atoms with van der Waals surface area (Å²) in [4.78, 5) is 0. The molecule has 0 spiro atoms. The van der Waals surface area contributed by atoms with E-state index in [2.05, 4.69) is 36.4 Å². The van der Waals surface area contributed by atoms with E-state index in [1.165, 1.54) is 22.3 Å². The maximum Gasteiger partial charge on any atom is 0.126 e. The average Bonchev–Trinajstić information content (AvgIpc) is 2.37. The highest BCUT2D eigenvalue weighted by Gasteiger charge is 2.18. The van der Waals surface area contributed by atoms with Gasteiger partial charge in [0.25, 0.3) is 0 Å². The molecule has 0 unspecified atom stereocenters. The van der Waals surface area contributed by atoms with Crippen LogP contribution in [0.3, 0.4) is 0 Å². The minimum Gasteiger partial charge on any atom is -0.496 e. The van der Waals surface area contributed by atoms with Gasteiger partial charge in [-0.25, -0.2) is 0 Å². The Balaban J connectivity index is 2.30. The first-order valence-corrected chi connectivity index (χ1v) is 5.64. The Kier molecular flexibility index (Phi) is 2.17. The van der Waals surface area contributed by atoms with Crippen molar-refractivity contribution in [1.29, 1.82) is 0 Å². The number of fused-ring (bicyclic) bond motifs is 3. The molecule has 0 saturated heterocycles. The molecule has 1 heteroatoms. The summed E-state index contributed by atoms with van der Waals surface area (Å²) in [7, 11) is 1.74. The van der Waals surface area contributed by atoms with Crippen molar-refractivity contribution < 1.29 is 4.74 Å². The first-order valence-electron chi connectivity index (χ1n) is 5.64. The first-order chi connectivity index (χ1) is 7.90. The summed E-state index contributed by atoms with van der Waals surface area (Å²) in [5.41, 5.74) is 5.45. The molecule has 3 rings (SSSR count). The van der Waals surface area contributed by atoms with Gasteiger partial charge in [-0.2, -0.15) is 0 Å². The molecular formula is C15H14O. The fourth-order valence-corrected chi connectivity index (χ4v) is 2.51. The van der Waals surface area contributed by atoms with Gasteiger partial charge in [0.2, 0.25) is 0 Å². The average molecular weight is 210 g/mol. The molecule has 0 heterocycles. The van der Waals surface area contributed by atoms with Gasteiger partial charge < -0.3 is 4.74 Å². The van der Waals surface area contributed by atoms with E-state index in [4.69, 9.17) is 4.74 Å². The molecule has 16 heavy (non-hydrogen) atoms. The van der Waals surface area contributed by atoms with Gasteiger partial charge in [-0.15, -0.1) is 0 Å². The molecule has 0 amide bonds. The maximum absolute atomic E-state index is 5.47. The quantitative estimate of drug-likeness (QED) is 0.700. The van der Waals surface area contributed by atoms with E-state index in [0.717, 1.165) is 18.6 Å². The zero-order chi connectivity index (χ0) is 11.0. The van der Waals surface area contributed by atoms with Gasteiger partial charge in [0.1, 0.15) is 5.75 Å². The number of ether oxygens (including phenoxy) is 1. The zero-order valence-corrected chi connectivity index (χ0v) is 9.36. The van der Waals surface area contributed by atoms with E-state index in [0.29, 0.717) is 0 Å². The van der Waals surface area contributed by atoms with E-state index in [-0.39, 0.29) is 0 Å². The van der Waals surface area contributed by atoms with Crippen LogP contribution in [0, 0.1) is 0 Å². The van der Waals surface area contributed by atoms with Gasteiger partial charge in [-0.1, -0.05) is 36.4 Å². The van der Waals surface area contributed by atoms with E-state index < -0.39 is 0 Å². The third kappa shape index (κ3) is 1.32. The van der Waals surface area contributed by atoms with E-state index in [1.807, 2.05) is 6.07 Å². The monoisotopic (exact) mass is 210 g/mol. The fourth-order valence-electron chi connectivity index (χ4n) is 2.51. The molecule has 0 atom stereocenters. The molecule has 0 N–H and O–H groups in total. The summed E-state index contributed by atoms with van der Waals surface area (Å²) in [5, 5.41) is 0. The van der Waals surface area contributed by atoms with Crippen LogP contribution in [0.15, 0.2) is 42.5 Å². The van der Waals surface area contributed by atoms with Crippen molar-refractivity contribution in [2.75, 3.05) is 7.11 Å². The van der Waals surface area contributed by atoms with Crippen molar-refractivity contribution >= 4 is 0 Å². The van der Waals surface area contributed by atoms with Crippen LogP contribution >= 0.6 is 0 Å². The molecular weight excluding hydrogens is 196 g/mol. The summed E-state index contributed by atoms with van der Waals surface area (Å²) in [5.74, 6) is 0.990. The maximum atomic E-state index is 5.47. The minimum atomic E-state index is 0.990. The highest BCUT2D eigenvalue weighted by Crippen LogP contribution is 2.39. The van der Waals surface area contributed by atoms with Crippen LogP contribution < -0.4 is 4.74 Å². The molecule has 0 aliphatic heterocycles. The molecule has 0 aromatic heterocycles. The summed E-state index contributed by atoms with van der Waals surface area (Å²) >= 11 is 0. The summed E-state index contributed by atoms with van der Waals surface area (Å²) in [6.07, 6.45) is 2.25. The van der Waals surface area contributed by atoms with Crippen molar-refractivity contribution in [3.63, 3.8) is 0 Å². The highest BCUT2D eigenvalue weighted by atomic mass is 16.5. The molecule has 2 aromatic rings. The molecule has 80 valence electrons. The van der Waals surface area contributed by atoms with Crippen molar-refractivity contribution in [1.82, 2.24) is 0 Å².